The third-order valence-corrected chi connectivity index (χ3v) is 5.27. The van der Waals surface area contributed by atoms with Crippen molar-refractivity contribution in [1.82, 2.24) is 14.9 Å². The van der Waals surface area contributed by atoms with Crippen molar-refractivity contribution in [2.75, 3.05) is 13.6 Å². The van der Waals surface area contributed by atoms with Crippen LogP contribution in [0.25, 0.3) is 5.57 Å². The molecule has 5 nitrogen and oxygen atoms in total. The number of nitrogens with zero attached hydrogens (tertiary/aromatic N) is 2. The number of carbonyl (C=O) groups is 1. The Kier molecular flexibility index (Phi) is 5.75. The normalized spacial score (nSPS) is 13.9. The number of aryl methyl sites for hydroxylation is 1. The number of ether oxygens (including phenoxy) is 1. The highest BCUT2D eigenvalue weighted by Crippen LogP contribution is 2.36. The largest absolute Gasteiger partial charge is 0.488 e. The number of hydrogen-bond donors (Lipinski definition) is 1. The van der Waals surface area contributed by atoms with Crippen molar-refractivity contribution < 1.29 is 9.53 Å². The molecule has 0 spiro atoms. The predicted molar refractivity (Wildman–Crippen MR) is 113 cm³/mol. The zero-order valence-corrected chi connectivity index (χ0v) is 16.6. The second-order valence-corrected chi connectivity index (χ2v) is 7.24. The first-order chi connectivity index (χ1) is 14.2. The summed E-state index contributed by atoms with van der Waals surface area (Å²) in [6.45, 7) is 1.24. The maximum atomic E-state index is 12.4. The highest BCUT2D eigenvalue weighted by molar-refractivity contribution is 5.85. The van der Waals surface area contributed by atoms with Crippen LogP contribution in [0.4, 0.5) is 0 Å². The first-order valence-electron chi connectivity index (χ1n) is 9.94. The third kappa shape index (κ3) is 4.40. The smallest absolute Gasteiger partial charge is 0.222 e. The Hall–Kier alpha value is -3.34. The molecular weight excluding hydrogens is 362 g/mol. The molecule has 0 atom stereocenters. The van der Waals surface area contributed by atoms with Crippen molar-refractivity contribution in [3.63, 3.8) is 0 Å². The molecule has 4 rings (SSSR count). The number of para-hydroxylation sites is 1. The van der Waals surface area contributed by atoms with Crippen LogP contribution in [-0.2, 0) is 17.8 Å². The molecule has 148 valence electrons. The van der Waals surface area contributed by atoms with E-state index in [0.29, 0.717) is 26.0 Å². The molecule has 3 aromatic rings. The number of nitrogens with one attached hydrogen (secondary N) is 1. The van der Waals surface area contributed by atoms with E-state index in [4.69, 9.17) is 4.74 Å². The number of benzene rings is 2. The molecule has 0 fully saturated rings. The molecule has 1 amide bonds. The van der Waals surface area contributed by atoms with Crippen LogP contribution in [0.2, 0.25) is 0 Å². The van der Waals surface area contributed by atoms with Crippen LogP contribution < -0.4 is 4.74 Å². The highest BCUT2D eigenvalue weighted by atomic mass is 16.5. The summed E-state index contributed by atoms with van der Waals surface area (Å²) in [4.78, 5) is 21.3. The number of amides is 1. The maximum absolute atomic E-state index is 12.4. The summed E-state index contributed by atoms with van der Waals surface area (Å²) in [5, 5.41) is 0. The van der Waals surface area contributed by atoms with Crippen LogP contribution in [0.5, 0.6) is 5.75 Å². The number of imidazole rings is 1. The van der Waals surface area contributed by atoms with Gasteiger partial charge >= 0.3 is 0 Å². The number of fused-ring (bicyclic) bond motifs is 2. The van der Waals surface area contributed by atoms with Crippen LogP contribution >= 0.6 is 0 Å². The molecule has 0 saturated carbocycles. The van der Waals surface area contributed by atoms with E-state index in [0.717, 1.165) is 23.4 Å². The lowest BCUT2D eigenvalue weighted by Gasteiger charge is -2.17. The van der Waals surface area contributed by atoms with Gasteiger partial charge in [-0.15, -0.1) is 0 Å². The van der Waals surface area contributed by atoms with Gasteiger partial charge in [-0.3, -0.25) is 4.79 Å². The van der Waals surface area contributed by atoms with Crippen molar-refractivity contribution >= 4 is 11.5 Å². The molecule has 0 saturated heterocycles. The van der Waals surface area contributed by atoms with E-state index in [-0.39, 0.29) is 5.91 Å². The first kappa shape index (κ1) is 19.0. The van der Waals surface area contributed by atoms with E-state index in [1.165, 1.54) is 16.7 Å². The number of aromatic amines is 1. The Morgan fingerprint density at radius 2 is 1.97 bits per heavy atom. The minimum absolute atomic E-state index is 0.142. The van der Waals surface area contributed by atoms with Gasteiger partial charge in [-0.2, -0.15) is 0 Å². The standard InChI is InChI=1S/C24H25N3O2/c1-27(24(28)13-12-19-15-25-17-26-19)14-6-10-21-20-8-3-2-7-18(20)16-29-23-11-5-4-9-22(21)23/h2-5,7-11,15,17H,6,12-14,16H2,1H3,(H,25,26)/b21-10-. The van der Waals surface area contributed by atoms with Crippen LogP contribution in [0.1, 0.15) is 35.2 Å². The summed E-state index contributed by atoms with van der Waals surface area (Å²) >= 11 is 0. The summed E-state index contributed by atoms with van der Waals surface area (Å²) in [5.41, 5.74) is 5.64. The lowest BCUT2D eigenvalue weighted by atomic mass is 9.93. The van der Waals surface area contributed by atoms with Gasteiger partial charge < -0.3 is 14.6 Å². The van der Waals surface area contributed by atoms with E-state index in [9.17, 15) is 4.79 Å². The number of hydrogen-bond acceptors (Lipinski definition) is 3. The van der Waals surface area contributed by atoms with Gasteiger partial charge in [-0.25, -0.2) is 4.98 Å². The molecule has 0 bridgehead atoms. The first-order valence-corrected chi connectivity index (χ1v) is 9.94. The molecule has 1 N–H and O–H groups in total. The summed E-state index contributed by atoms with van der Waals surface area (Å²) in [5.74, 6) is 1.04. The van der Waals surface area contributed by atoms with Gasteiger partial charge in [0.25, 0.3) is 0 Å². The minimum atomic E-state index is 0.142. The fourth-order valence-electron chi connectivity index (χ4n) is 3.63. The average molecular weight is 387 g/mol. The zero-order valence-electron chi connectivity index (χ0n) is 16.6. The van der Waals surface area contributed by atoms with E-state index in [1.54, 1.807) is 17.4 Å². The van der Waals surface area contributed by atoms with Gasteiger partial charge in [0.05, 0.1) is 6.33 Å². The summed E-state index contributed by atoms with van der Waals surface area (Å²) in [6.07, 6.45) is 7.58. The molecule has 2 heterocycles. The van der Waals surface area contributed by atoms with Crippen molar-refractivity contribution in [3.8, 4) is 5.75 Å². The lowest BCUT2D eigenvalue weighted by molar-refractivity contribution is -0.129. The second-order valence-electron chi connectivity index (χ2n) is 7.24. The molecule has 5 heteroatoms. The van der Waals surface area contributed by atoms with E-state index in [2.05, 4.69) is 40.3 Å². The second kappa shape index (κ2) is 8.78. The number of aromatic nitrogens is 2. The summed E-state index contributed by atoms with van der Waals surface area (Å²) in [6, 6.07) is 16.5. The molecule has 2 aromatic carbocycles. The van der Waals surface area contributed by atoms with Crippen molar-refractivity contribution in [2.45, 2.75) is 25.9 Å². The lowest BCUT2D eigenvalue weighted by Crippen LogP contribution is -2.27. The van der Waals surface area contributed by atoms with Gasteiger partial charge in [0, 0.05) is 37.5 Å². The van der Waals surface area contributed by atoms with Crippen LogP contribution in [0.3, 0.4) is 0 Å². The van der Waals surface area contributed by atoms with Gasteiger partial charge in [-0.1, -0.05) is 48.5 Å². The van der Waals surface area contributed by atoms with E-state index < -0.39 is 0 Å². The van der Waals surface area contributed by atoms with E-state index >= 15 is 0 Å². The van der Waals surface area contributed by atoms with Crippen molar-refractivity contribution in [3.05, 3.63) is 89.5 Å². The minimum Gasteiger partial charge on any atom is -0.488 e. The summed E-state index contributed by atoms with van der Waals surface area (Å²) in [7, 11) is 1.87. The zero-order chi connectivity index (χ0) is 20.1. The number of carbonyl (C=O) groups excluding carboxylic acids is 1. The van der Waals surface area contributed by atoms with E-state index in [1.807, 2.05) is 31.3 Å². The molecule has 29 heavy (non-hydrogen) atoms. The van der Waals surface area contributed by atoms with Gasteiger partial charge in [0.1, 0.15) is 12.4 Å². The Balaban J connectivity index is 1.47. The van der Waals surface area contributed by atoms with Gasteiger partial charge in [0.15, 0.2) is 0 Å². The Bertz CT molecular complexity index is 959. The molecule has 1 aliphatic rings. The van der Waals surface area contributed by atoms with Gasteiger partial charge in [0.2, 0.25) is 5.91 Å². The third-order valence-electron chi connectivity index (χ3n) is 5.27. The molecule has 0 radical (unpaired) electrons. The van der Waals surface area contributed by atoms with Gasteiger partial charge in [-0.05, 0) is 35.6 Å². The summed E-state index contributed by atoms with van der Waals surface area (Å²) < 4.78 is 6.02. The number of H-pyrrole nitrogens is 1. The average Bonchev–Trinajstić information content (AvgIpc) is 3.22. The maximum Gasteiger partial charge on any atom is 0.222 e. The Labute approximate surface area is 171 Å². The van der Waals surface area contributed by atoms with Crippen LogP contribution in [0, 0.1) is 0 Å². The molecule has 0 unspecified atom stereocenters. The van der Waals surface area contributed by atoms with Crippen molar-refractivity contribution in [2.24, 2.45) is 0 Å². The monoisotopic (exact) mass is 387 g/mol. The van der Waals surface area contributed by atoms with Crippen LogP contribution in [0.15, 0.2) is 67.1 Å². The molecule has 1 aliphatic heterocycles. The predicted octanol–water partition coefficient (Wildman–Crippen LogP) is 4.22. The van der Waals surface area contributed by atoms with Crippen molar-refractivity contribution in [1.29, 1.82) is 0 Å². The molecular formula is C24H25N3O2. The van der Waals surface area contributed by atoms with Crippen LogP contribution in [-0.4, -0.2) is 34.4 Å². The Morgan fingerprint density at radius 1 is 1.17 bits per heavy atom. The SMILES string of the molecule is CN(CC/C=C1/c2ccccc2COc2ccccc21)C(=O)CCc1cnc[nH]1. The quantitative estimate of drug-likeness (QED) is 0.689. The molecule has 0 aliphatic carbocycles. The topological polar surface area (TPSA) is 58.2 Å². The Morgan fingerprint density at radius 3 is 2.79 bits per heavy atom. The fraction of sp³-hybridized carbons (Fsp3) is 0.250. The highest BCUT2D eigenvalue weighted by Gasteiger charge is 2.18. The molecule has 1 aromatic heterocycles. The number of rotatable bonds is 6. The fourth-order valence-corrected chi connectivity index (χ4v) is 3.63.